The Labute approximate surface area is 108 Å². The van der Waals surface area contributed by atoms with Gasteiger partial charge in [-0.05, 0) is 37.6 Å². The van der Waals surface area contributed by atoms with E-state index in [9.17, 15) is 0 Å². The molecule has 4 nitrogen and oxygen atoms in total. The number of rotatable bonds is 4. The van der Waals surface area contributed by atoms with Crippen LogP contribution in [0.15, 0.2) is 24.5 Å². The van der Waals surface area contributed by atoms with Crippen molar-refractivity contribution < 1.29 is 0 Å². The molecule has 0 spiro atoms. The van der Waals surface area contributed by atoms with Crippen LogP contribution in [0.3, 0.4) is 0 Å². The zero-order valence-corrected chi connectivity index (χ0v) is 11.4. The van der Waals surface area contributed by atoms with Crippen LogP contribution in [0, 0.1) is 13.8 Å². The van der Waals surface area contributed by atoms with Crippen molar-refractivity contribution >= 4 is 0 Å². The third-order valence-corrected chi connectivity index (χ3v) is 3.56. The molecule has 1 aromatic carbocycles. The minimum atomic E-state index is 0.271. The lowest BCUT2D eigenvalue weighted by molar-refractivity contribution is 0.550. The summed E-state index contributed by atoms with van der Waals surface area (Å²) in [6, 6.07) is 6.71. The van der Waals surface area contributed by atoms with Gasteiger partial charge in [0, 0.05) is 19.5 Å². The van der Waals surface area contributed by atoms with E-state index in [0.29, 0.717) is 0 Å². The van der Waals surface area contributed by atoms with Gasteiger partial charge in [-0.3, -0.25) is 4.68 Å². The first-order valence-corrected chi connectivity index (χ1v) is 6.19. The molecule has 0 fully saturated rings. The number of aryl methyl sites for hydroxylation is 2. The second-order valence-corrected chi connectivity index (χ2v) is 4.63. The summed E-state index contributed by atoms with van der Waals surface area (Å²) in [4.78, 5) is 4.29. The Kier molecular flexibility index (Phi) is 3.77. The van der Waals surface area contributed by atoms with Gasteiger partial charge in [-0.15, -0.1) is 0 Å². The smallest absolute Gasteiger partial charge is 0.138 e. The molecular weight excluding hydrogens is 224 g/mol. The number of likely N-dealkylation sites (N-methyl/N-ethyl adjacent to an activating group) is 1. The molecule has 18 heavy (non-hydrogen) atoms. The zero-order chi connectivity index (χ0) is 13.1. The molecule has 0 amide bonds. The Bertz CT molecular complexity index is 530. The zero-order valence-electron chi connectivity index (χ0n) is 11.4. The van der Waals surface area contributed by atoms with Crippen LogP contribution in [0.4, 0.5) is 0 Å². The van der Waals surface area contributed by atoms with E-state index in [0.717, 1.165) is 12.2 Å². The number of hydrogen-bond acceptors (Lipinski definition) is 3. The fourth-order valence-corrected chi connectivity index (χ4v) is 2.21. The molecule has 0 aliphatic rings. The molecule has 0 saturated heterocycles. The molecule has 0 aliphatic heterocycles. The van der Waals surface area contributed by atoms with Crippen LogP contribution in [-0.4, -0.2) is 21.8 Å². The maximum Gasteiger partial charge on any atom is 0.138 e. The highest BCUT2D eigenvalue weighted by atomic mass is 15.3. The third-order valence-electron chi connectivity index (χ3n) is 3.56. The van der Waals surface area contributed by atoms with Gasteiger partial charge >= 0.3 is 0 Å². The van der Waals surface area contributed by atoms with E-state index in [1.165, 1.54) is 16.7 Å². The van der Waals surface area contributed by atoms with Gasteiger partial charge in [0.2, 0.25) is 0 Å². The van der Waals surface area contributed by atoms with Gasteiger partial charge < -0.3 is 5.32 Å². The van der Waals surface area contributed by atoms with E-state index >= 15 is 0 Å². The molecule has 0 saturated carbocycles. The summed E-state index contributed by atoms with van der Waals surface area (Å²) in [6.07, 6.45) is 2.45. The second-order valence-electron chi connectivity index (χ2n) is 4.63. The molecule has 1 aromatic heterocycles. The van der Waals surface area contributed by atoms with Crippen LogP contribution in [0.2, 0.25) is 0 Å². The molecule has 2 aromatic rings. The fraction of sp³-hybridized carbons (Fsp3) is 0.429. The highest BCUT2D eigenvalue weighted by Gasteiger charge is 2.15. The number of benzene rings is 1. The van der Waals surface area contributed by atoms with Crippen molar-refractivity contribution in [1.82, 2.24) is 20.1 Å². The molecule has 1 heterocycles. The fourth-order valence-electron chi connectivity index (χ4n) is 2.21. The molecule has 0 aliphatic carbocycles. The minimum Gasteiger partial charge on any atom is -0.313 e. The predicted molar refractivity (Wildman–Crippen MR) is 72.4 cm³/mol. The lowest BCUT2D eigenvalue weighted by Gasteiger charge is -2.19. The van der Waals surface area contributed by atoms with Crippen molar-refractivity contribution in [3.8, 4) is 0 Å². The van der Waals surface area contributed by atoms with Crippen molar-refractivity contribution in [2.75, 3.05) is 7.05 Å². The lowest BCUT2D eigenvalue weighted by atomic mass is 9.95. The Hall–Kier alpha value is -1.68. The SMILES string of the molecule is CNC(Cc1ncnn1C)c1cccc(C)c1C. The number of nitrogens with one attached hydrogen (secondary N) is 1. The van der Waals surface area contributed by atoms with Crippen molar-refractivity contribution in [2.45, 2.75) is 26.3 Å². The van der Waals surface area contributed by atoms with Crippen LogP contribution >= 0.6 is 0 Å². The van der Waals surface area contributed by atoms with E-state index in [1.807, 2.05) is 18.8 Å². The minimum absolute atomic E-state index is 0.271. The number of hydrogen-bond donors (Lipinski definition) is 1. The van der Waals surface area contributed by atoms with Gasteiger partial charge in [-0.2, -0.15) is 5.10 Å². The van der Waals surface area contributed by atoms with Gasteiger partial charge in [0.1, 0.15) is 12.2 Å². The number of nitrogens with zero attached hydrogens (tertiary/aromatic N) is 3. The van der Waals surface area contributed by atoms with Crippen LogP contribution in [-0.2, 0) is 13.5 Å². The molecule has 0 bridgehead atoms. The molecule has 0 radical (unpaired) electrons. The highest BCUT2D eigenvalue weighted by molar-refractivity contribution is 5.35. The van der Waals surface area contributed by atoms with Crippen molar-refractivity contribution in [3.63, 3.8) is 0 Å². The Morgan fingerprint density at radius 3 is 2.72 bits per heavy atom. The van der Waals surface area contributed by atoms with Crippen LogP contribution in [0.25, 0.3) is 0 Å². The molecule has 2 rings (SSSR count). The van der Waals surface area contributed by atoms with Crippen LogP contribution in [0.5, 0.6) is 0 Å². The molecule has 4 heteroatoms. The summed E-state index contributed by atoms with van der Waals surface area (Å²) in [5.41, 5.74) is 4.00. The molecule has 1 unspecified atom stereocenters. The van der Waals surface area contributed by atoms with Crippen LogP contribution < -0.4 is 5.32 Å². The average molecular weight is 244 g/mol. The van der Waals surface area contributed by atoms with Crippen molar-refractivity contribution in [1.29, 1.82) is 0 Å². The second kappa shape index (κ2) is 5.31. The maximum atomic E-state index is 4.29. The standard InChI is InChI=1S/C14H20N4/c1-10-6-5-7-12(11(10)2)13(15-3)8-14-16-9-17-18(14)4/h5-7,9,13,15H,8H2,1-4H3. The summed E-state index contributed by atoms with van der Waals surface area (Å²) < 4.78 is 1.83. The first-order valence-electron chi connectivity index (χ1n) is 6.19. The monoisotopic (exact) mass is 244 g/mol. The Morgan fingerprint density at radius 2 is 2.11 bits per heavy atom. The van der Waals surface area contributed by atoms with E-state index in [2.05, 4.69) is 47.4 Å². The molecule has 96 valence electrons. The molecule has 1 atom stereocenters. The summed E-state index contributed by atoms with van der Waals surface area (Å²) in [6.45, 7) is 4.32. The van der Waals surface area contributed by atoms with E-state index < -0.39 is 0 Å². The maximum absolute atomic E-state index is 4.29. The Morgan fingerprint density at radius 1 is 1.33 bits per heavy atom. The highest BCUT2D eigenvalue weighted by Crippen LogP contribution is 2.22. The normalized spacial score (nSPS) is 12.7. The molecule has 1 N–H and O–H groups in total. The summed E-state index contributed by atoms with van der Waals surface area (Å²) in [5.74, 6) is 0.996. The summed E-state index contributed by atoms with van der Waals surface area (Å²) in [7, 11) is 3.92. The lowest BCUT2D eigenvalue weighted by Crippen LogP contribution is -2.21. The topological polar surface area (TPSA) is 42.7 Å². The van der Waals surface area contributed by atoms with Crippen LogP contribution in [0.1, 0.15) is 28.6 Å². The van der Waals surface area contributed by atoms with Gasteiger partial charge in [-0.1, -0.05) is 18.2 Å². The van der Waals surface area contributed by atoms with Gasteiger partial charge in [-0.25, -0.2) is 4.98 Å². The predicted octanol–water partition coefficient (Wildman–Crippen LogP) is 1.94. The van der Waals surface area contributed by atoms with E-state index in [-0.39, 0.29) is 6.04 Å². The quantitative estimate of drug-likeness (QED) is 0.893. The summed E-state index contributed by atoms with van der Waals surface area (Å²) >= 11 is 0. The van der Waals surface area contributed by atoms with E-state index in [4.69, 9.17) is 0 Å². The molecular formula is C14H20N4. The Balaban J connectivity index is 2.29. The van der Waals surface area contributed by atoms with Crippen molar-refractivity contribution in [2.24, 2.45) is 7.05 Å². The number of aromatic nitrogens is 3. The first kappa shape index (κ1) is 12.8. The van der Waals surface area contributed by atoms with Gasteiger partial charge in [0.25, 0.3) is 0 Å². The van der Waals surface area contributed by atoms with Gasteiger partial charge in [0.15, 0.2) is 0 Å². The first-order chi connectivity index (χ1) is 8.63. The largest absolute Gasteiger partial charge is 0.313 e. The van der Waals surface area contributed by atoms with Crippen molar-refractivity contribution in [3.05, 3.63) is 47.0 Å². The van der Waals surface area contributed by atoms with Gasteiger partial charge in [0.05, 0.1) is 0 Å². The third kappa shape index (κ3) is 2.43. The average Bonchev–Trinajstić information content (AvgIpc) is 2.76. The van der Waals surface area contributed by atoms with E-state index in [1.54, 1.807) is 6.33 Å². The summed E-state index contributed by atoms with van der Waals surface area (Å²) in [5, 5.41) is 7.49.